The quantitative estimate of drug-likeness (QED) is 0.829. The van der Waals surface area contributed by atoms with E-state index in [2.05, 4.69) is 15.2 Å². The highest BCUT2D eigenvalue weighted by molar-refractivity contribution is 6.31. The number of anilines is 1. The number of nitrogen functional groups attached to an aromatic ring is 1. The summed E-state index contributed by atoms with van der Waals surface area (Å²) in [5, 5.41) is 3.50. The SMILES string of the molecule is Nc1ccc(Cl)c(CN2CCN3C(=O)NCC3C2)n1. The number of aromatic nitrogens is 1. The van der Waals surface area contributed by atoms with Crippen LogP contribution in [0.2, 0.25) is 5.02 Å². The molecule has 0 bridgehead atoms. The molecule has 2 aliphatic rings. The molecule has 0 saturated carbocycles. The van der Waals surface area contributed by atoms with Gasteiger partial charge in [-0.15, -0.1) is 0 Å². The Morgan fingerprint density at radius 1 is 1.47 bits per heavy atom. The molecule has 1 atom stereocenters. The number of urea groups is 1. The number of fused-ring (bicyclic) bond motifs is 1. The highest BCUT2D eigenvalue weighted by atomic mass is 35.5. The number of amides is 2. The molecule has 2 saturated heterocycles. The topological polar surface area (TPSA) is 74.5 Å². The van der Waals surface area contributed by atoms with Gasteiger partial charge in [0, 0.05) is 32.7 Å². The lowest BCUT2D eigenvalue weighted by Crippen LogP contribution is -2.51. The zero-order chi connectivity index (χ0) is 13.4. The zero-order valence-corrected chi connectivity index (χ0v) is 11.2. The fraction of sp³-hybridized carbons (Fsp3) is 0.500. The summed E-state index contributed by atoms with van der Waals surface area (Å²) in [4.78, 5) is 19.9. The van der Waals surface area contributed by atoms with Gasteiger partial charge in [0.05, 0.1) is 16.8 Å². The first-order valence-corrected chi connectivity index (χ1v) is 6.69. The Balaban J connectivity index is 1.68. The first kappa shape index (κ1) is 12.5. The van der Waals surface area contributed by atoms with Crippen LogP contribution in [0.25, 0.3) is 0 Å². The minimum absolute atomic E-state index is 0.0461. The van der Waals surface area contributed by atoms with Crippen molar-refractivity contribution in [2.45, 2.75) is 12.6 Å². The van der Waals surface area contributed by atoms with Crippen molar-refractivity contribution in [3.63, 3.8) is 0 Å². The standard InChI is InChI=1S/C12H16ClN5O/c13-9-1-2-11(14)16-10(9)7-17-3-4-18-8(6-17)5-15-12(18)19/h1-2,8H,3-7H2,(H2,14,16)(H,15,19). The van der Waals surface area contributed by atoms with Crippen molar-refractivity contribution in [2.75, 3.05) is 31.9 Å². The van der Waals surface area contributed by atoms with Gasteiger partial charge in [0.25, 0.3) is 0 Å². The lowest BCUT2D eigenvalue weighted by Gasteiger charge is -2.36. The van der Waals surface area contributed by atoms with E-state index in [1.807, 2.05) is 4.90 Å². The van der Waals surface area contributed by atoms with E-state index in [1.165, 1.54) is 0 Å². The number of nitrogens with two attached hydrogens (primary N) is 1. The molecule has 19 heavy (non-hydrogen) atoms. The molecule has 2 aliphatic heterocycles. The molecule has 0 aromatic carbocycles. The average Bonchev–Trinajstić information content (AvgIpc) is 2.75. The number of hydrogen-bond donors (Lipinski definition) is 2. The van der Waals surface area contributed by atoms with Crippen molar-refractivity contribution in [1.82, 2.24) is 20.1 Å². The second-order valence-corrected chi connectivity index (χ2v) is 5.34. The Bertz CT molecular complexity index is 509. The summed E-state index contributed by atoms with van der Waals surface area (Å²) in [6, 6.07) is 3.77. The van der Waals surface area contributed by atoms with Gasteiger partial charge in [-0.25, -0.2) is 9.78 Å². The highest BCUT2D eigenvalue weighted by Crippen LogP contribution is 2.20. The number of hydrogen-bond acceptors (Lipinski definition) is 4. The molecule has 0 spiro atoms. The third-order valence-electron chi connectivity index (χ3n) is 3.63. The monoisotopic (exact) mass is 281 g/mol. The fourth-order valence-electron chi connectivity index (χ4n) is 2.64. The molecule has 102 valence electrons. The van der Waals surface area contributed by atoms with Crippen molar-refractivity contribution in [1.29, 1.82) is 0 Å². The van der Waals surface area contributed by atoms with Crippen molar-refractivity contribution in [2.24, 2.45) is 0 Å². The predicted octanol–water partition coefficient (Wildman–Crippen LogP) is 0.527. The van der Waals surface area contributed by atoms with Gasteiger partial charge in [0.1, 0.15) is 5.82 Å². The normalized spacial score (nSPS) is 23.3. The number of nitrogens with one attached hydrogen (secondary N) is 1. The van der Waals surface area contributed by atoms with E-state index in [-0.39, 0.29) is 12.1 Å². The van der Waals surface area contributed by atoms with E-state index in [0.717, 1.165) is 25.3 Å². The van der Waals surface area contributed by atoms with Crippen LogP contribution in [0.5, 0.6) is 0 Å². The van der Waals surface area contributed by atoms with Gasteiger partial charge in [-0.05, 0) is 12.1 Å². The molecule has 6 nitrogen and oxygen atoms in total. The maximum absolute atomic E-state index is 11.5. The summed E-state index contributed by atoms with van der Waals surface area (Å²) in [7, 11) is 0. The van der Waals surface area contributed by atoms with Crippen LogP contribution in [0.4, 0.5) is 10.6 Å². The Labute approximate surface area is 116 Å². The van der Waals surface area contributed by atoms with Gasteiger partial charge in [-0.2, -0.15) is 0 Å². The first-order valence-electron chi connectivity index (χ1n) is 6.31. The third-order valence-corrected chi connectivity index (χ3v) is 3.97. The number of piperazine rings is 1. The van der Waals surface area contributed by atoms with Crippen LogP contribution in [0.15, 0.2) is 12.1 Å². The van der Waals surface area contributed by atoms with Crippen molar-refractivity contribution in [3.8, 4) is 0 Å². The van der Waals surface area contributed by atoms with E-state index >= 15 is 0 Å². The summed E-state index contributed by atoms with van der Waals surface area (Å²) in [6.07, 6.45) is 0. The smallest absolute Gasteiger partial charge is 0.317 e. The van der Waals surface area contributed by atoms with Crippen molar-refractivity contribution < 1.29 is 4.79 Å². The molecular formula is C12H16ClN5O. The lowest BCUT2D eigenvalue weighted by atomic mass is 10.2. The first-order chi connectivity index (χ1) is 9.13. The van der Waals surface area contributed by atoms with Gasteiger partial charge >= 0.3 is 6.03 Å². The van der Waals surface area contributed by atoms with Gasteiger partial charge < -0.3 is 16.0 Å². The summed E-state index contributed by atoms with van der Waals surface area (Å²) in [6.45, 7) is 3.80. The molecule has 3 N–H and O–H groups in total. The van der Waals surface area contributed by atoms with Crippen LogP contribution in [0, 0.1) is 0 Å². The zero-order valence-electron chi connectivity index (χ0n) is 10.5. The maximum atomic E-state index is 11.5. The minimum atomic E-state index is 0.0461. The lowest BCUT2D eigenvalue weighted by molar-refractivity contribution is 0.116. The van der Waals surface area contributed by atoms with Gasteiger partial charge in [0.2, 0.25) is 0 Å². The number of halogens is 1. The highest BCUT2D eigenvalue weighted by Gasteiger charge is 2.35. The summed E-state index contributed by atoms with van der Waals surface area (Å²) in [5.41, 5.74) is 6.48. The average molecular weight is 282 g/mol. The molecule has 1 unspecified atom stereocenters. The molecule has 1 aromatic rings. The largest absolute Gasteiger partial charge is 0.384 e. The summed E-state index contributed by atoms with van der Waals surface area (Å²) < 4.78 is 0. The number of pyridine rings is 1. The van der Waals surface area contributed by atoms with Crippen LogP contribution >= 0.6 is 11.6 Å². The van der Waals surface area contributed by atoms with Gasteiger partial charge in [-0.3, -0.25) is 4.90 Å². The predicted molar refractivity (Wildman–Crippen MR) is 72.8 cm³/mol. The molecule has 0 radical (unpaired) electrons. The minimum Gasteiger partial charge on any atom is -0.384 e. The van der Waals surface area contributed by atoms with Crippen LogP contribution in [0.3, 0.4) is 0 Å². The van der Waals surface area contributed by atoms with Crippen molar-refractivity contribution in [3.05, 3.63) is 22.8 Å². The molecule has 2 fully saturated rings. The molecule has 2 amide bonds. The third kappa shape index (κ3) is 2.46. The van der Waals surface area contributed by atoms with Crippen LogP contribution in [-0.2, 0) is 6.54 Å². The van der Waals surface area contributed by atoms with E-state index in [1.54, 1.807) is 12.1 Å². The fourth-order valence-corrected chi connectivity index (χ4v) is 2.80. The van der Waals surface area contributed by atoms with E-state index < -0.39 is 0 Å². The summed E-state index contributed by atoms with van der Waals surface area (Å²) in [5.74, 6) is 0.482. The number of rotatable bonds is 2. The maximum Gasteiger partial charge on any atom is 0.317 e. The Hall–Kier alpha value is -1.53. The van der Waals surface area contributed by atoms with Crippen LogP contribution < -0.4 is 11.1 Å². The second-order valence-electron chi connectivity index (χ2n) is 4.93. The van der Waals surface area contributed by atoms with E-state index in [0.29, 0.717) is 23.9 Å². The summed E-state index contributed by atoms with van der Waals surface area (Å²) >= 11 is 6.13. The molecule has 7 heteroatoms. The van der Waals surface area contributed by atoms with Crippen LogP contribution in [-0.4, -0.2) is 53.0 Å². The Morgan fingerprint density at radius 2 is 2.32 bits per heavy atom. The second kappa shape index (κ2) is 4.86. The molecule has 3 rings (SSSR count). The van der Waals surface area contributed by atoms with E-state index in [4.69, 9.17) is 17.3 Å². The number of carbonyl (C=O) groups is 1. The van der Waals surface area contributed by atoms with Crippen molar-refractivity contribution >= 4 is 23.4 Å². The molecule has 3 heterocycles. The van der Waals surface area contributed by atoms with Gasteiger partial charge in [0.15, 0.2) is 0 Å². The Morgan fingerprint density at radius 3 is 3.16 bits per heavy atom. The van der Waals surface area contributed by atoms with Crippen LogP contribution in [0.1, 0.15) is 5.69 Å². The Kier molecular flexibility index (Phi) is 3.20. The van der Waals surface area contributed by atoms with E-state index in [9.17, 15) is 4.79 Å². The van der Waals surface area contributed by atoms with Gasteiger partial charge in [-0.1, -0.05) is 11.6 Å². The molecular weight excluding hydrogens is 266 g/mol. The molecule has 1 aromatic heterocycles. The number of carbonyl (C=O) groups excluding carboxylic acids is 1. The molecule has 0 aliphatic carbocycles. The number of nitrogens with zero attached hydrogens (tertiary/aromatic N) is 3.